The summed E-state index contributed by atoms with van der Waals surface area (Å²) in [6.07, 6.45) is 4.32. The van der Waals surface area contributed by atoms with E-state index in [0.717, 1.165) is 6.42 Å². The highest BCUT2D eigenvalue weighted by Gasteiger charge is 2.32. The molecule has 1 rings (SSSR count). The second-order valence-corrected chi connectivity index (χ2v) is 5.10. The molecule has 0 bridgehead atoms. The van der Waals surface area contributed by atoms with Gasteiger partial charge in [-0.3, -0.25) is 9.59 Å². The van der Waals surface area contributed by atoms with Crippen LogP contribution in [-0.4, -0.2) is 23.4 Å². The van der Waals surface area contributed by atoms with Crippen molar-refractivity contribution in [3.63, 3.8) is 0 Å². The molecule has 4 heteroatoms. The topological polar surface area (TPSA) is 58.2 Å². The van der Waals surface area contributed by atoms with Crippen LogP contribution in [0.5, 0.6) is 0 Å². The van der Waals surface area contributed by atoms with Gasteiger partial charge in [0.05, 0.1) is 0 Å². The van der Waals surface area contributed by atoms with E-state index in [2.05, 4.69) is 17.2 Å². The van der Waals surface area contributed by atoms with Crippen LogP contribution in [0.1, 0.15) is 33.6 Å². The zero-order valence-electron chi connectivity index (χ0n) is 10.7. The number of hydrogen-bond donors (Lipinski definition) is 2. The molecule has 0 aliphatic carbocycles. The molecule has 2 amide bonds. The maximum absolute atomic E-state index is 11.8. The summed E-state index contributed by atoms with van der Waals surface area (Å²) in [4.78, 5) is 23.2. The van der Waals surface area contributed by atoms with Gasteiger partial charge in [-0.2, -0.15) is 0 Å². The van der Waals surface area contributed by atoms with Crippen LogP contribution in [0, 0.1) is 0 Å². The molecule has 0 saturated carbocycles. The van der Waals surface area contributed by atoms with E-state index in [-0.39, 0.29) is 23.4 Å². The van der Waals surface area contributed by atoms with Gasteiger partial charge in [-0.05, 0) is 27.2 Å². The summed E-state index contributed by atoms with van der Waals surface area (Å²) in [6, 6.07) is -0.0978. The monoisotopic (exact) mass is 236 g/mol. The highest BCUT2D eigenvalue weighted by molar-refractivity contribution is 5.93. The lowest BCUT2D eigenvalue weighted by Crippen LogP contribution is -2.55. The second-order valence-electron chi connectivity index (χ2n) is 5.10. The molecular formula is C13H20N2O2. The zero-order valence-corrected chi connectivity index (χ0v) is 10.7. The molecule has 1 heterocycles. The Balaban J connectivity index is 2.63. The van der Waals surface area contributed by atoms with Crippen molar-refractivity contribution in [1.82, 2.24) is 10.6 Å². The first-order valence-corrected chi connectivity index (χ1v) is 5.75. The predicted molar refractivity (Wildman–Crippen MR) is 67.3 cm³/mol. The van der Waals surface area contributed by atoms with Crippen LogP contribution in [0.3, 0.4) is 0 Å². The normalized spacial score (nSPS) is 23.8. The minimum absolute atomic E-state index is 0.0168. The van der Waals surface area contributed by atoms with Gasteiger partial charge in [-0.1, -0.05) is 18.7 Å². The summed E-state index contributed by atoms with van der Waals surface area (Å²) in [6.45, 7) is 9.18. The molecule has 0 spiro atoms. The Kier molecular flexibility index (Phi) is 4.10. The minimum Gasteiger partial charge on any atom is -0.351 e. The highest BCUT2D eigenvalue weighted by Crippen LogP contribution is 2.19. The Labute approximate surface area is 102 Å². The first-order chi connectivity index (χ1) is 7.84. The van der Waals surface area contributed by atoms with Crippen molar-refractivity contribution in [2.45, 2.75) is 45.2 Å². The number of carbonyl (C=O) groups is 2. The van der Waals surface area contributed by atoms with Crippen LogP contribution >= 0.6 is 0 Å². The van der Waals surface area contributed by atoms with E-state index >= 15 is 0 Å². The first kappa shape index (κ1) is 13.5. The predicted octanol–water partition coefficient (Wildman–Crippen LogP) is 1.29. The van der Waals surface area contributed by atoms with Gasteiger partial charge < -0.3 is 10.6 Å². The van der Waals surface area contributed by atoms with Crippen molar-refractivity contribution < 1.29 is 9.59 Å². The SMILES string of the molecule is C=CC=C(C)C(=O)NC1CC(=O)NC(C)(C)C1. The summed E-state index contributed by atoms with van der Waals surface area (Å²) in [5.74, 6) is -0.155. The zero-order chi connectivity index (χ0) is 13.1. The van der Waals surface area contributed by atoms with Gasteiger partial charge >= 0.3 is 0 Å². The number of rotatable bonds is 3. The Morgan fingerprint density at radius 2 is 2.24 bits per heavy atom. The number of nitrogens with one attached hydrogen (secondary N) is 2. The Morgan fingerprint density at radius 1 is 1.59 bits per heavy atom. The van der Waals surface area contributed by atoms with Crippen LogP contribution in [0.4, 0.5) is 0 Å². The third kappa shape index (κ3) is 4.06. The molecule has 0 aromatic rings. The Morgan fingerprint density at radius 3 is 2.76 bits per heavy atom. The smallest absolute Gasteiger partial charge is 0.247 e. The quantitative estimate of drug-likeness (QED) is 0.573. The molecule has 0 aromatic heterocycles. The van der Waals surface area contributed by atoms with Gasteiger partial charge in [0.1, 0.15) is 0 Å². The number of carbonyl (C=O) groups excluding carboxylic acids is 2. The van der Waals surface area contributed by atoms with E-state index in [0.29, 0.717) is 12.0 Å². The van der Waals surface area contributed by atoms with E-state index in [1.54, 1.807) is 19.1 Å². The summed E-state index contributed by atoms with van der Waals surface area (Å²) >= 11 is 0. The lowest BCUT2D eigenvalue weighted by molar-refractivity contribution is -0.126. The van der Waals surface area contributed by atoms with Crippen molar-refractivity contribution in [3.05, 3.63) is 24.3 Å². The van der Waals surface area contributed by atoms with Crippen molar-refractivity contribution >= 4 is 11.8 Å². The number of amides is 2. The Hall–Kier alpha value is -1.58. The van der Waals surface area contributed by atoms with Gasteiger partial charge in [0.25, 0.3) is 0 Å². The van der Waals surface area contributed by atoms with Gasteiger partial charge in [0.2, 0.25) is 11.8 Å². The number of piperidine rings is 1. The van der Waals surface area contributed by atoms with E-state index in [9.17, 15) is 9.59 Å². The Bertz CT molecular complexity index is 370. The molecule has 0 aromatic carbocycles. The van der Waals surface area contributed by atoms with Crippen LogP contribution < -0.4 is 10.6 Å². The third-order valence-electron chi connectivity index (χ3n) is 2.73. The number of hydrogen-bond acceptors (Lipinski definition) is 2. The minimum atomic E-state index is -0.261. The maximum Gasteiger partial charge on any atom is 0.247 e. The average molecular weight is 236 g/mol. The summed E-state index contributed by atoms with van der Waals surface area (Å²) in [5.41, 5.74) is 0.340. The van der Waals surface area contributed by atoms with Crippen LogP contribution in [0.2, 0.25) is 0 Å². The van der Waals surface area contributed by atoms with E-state index in [4.69, 9.17) is 0 Å². The lowest BCUT2D eigenvalue weighted by atomic mass is 9.89. The summed E-state index contributed by atoms with van der Waals surface area (Å²) in [5, 5.41) is 5.77. The standard InChI is InChI=1S/C13H20N2O2/c1-5-6-9(2)12(17)14-10-7-11(16)15-13(3,4)8-10/h5-6,10H,1,7-8H2,2-4H3,(H,14,17)(H,15,16). The largest absolute Gasteiger partial charge is 0.351 e. The number of allylic oxidation sites excluding steroid dienone is 2. The highest BCUT2D eigenvalue weighted by atomic mass is 16.2. The van der Waals surface area contributed by atoms with Gasteiger partial charge in [-0.25, -0.2) is 0 Å². The van der Waals surface area contributed by atoms with Crippen LogP contribution in [0.25, 0.3) is 0 Å². The van der Waals surface area contributed by atoms with Crippen LogP contribution in [-0.2, 0) is 9.59 Å². The van der Waals surface area contributed by atoms with E-state index in [1.807, 2.05) is 13.8 Å². The van der Waals surface area contributed by atoms with Crippen molar-refractivity contribution in [2.24, 2.45) is 0 Å². The molecule has 1 aliphatic heterocycles. The van der Waals surface area contributed by atoms with Gasteiger partial charge in [-0.15, -0.1) is 0 Å². The van der Waals surface area contributed by atoms with Crippen molar-refractivity contribution in [3.8, 4) is 0 Å². The van der Waals surface area contributed by atoms with Gasteiger partial charge in [0, 0.05) is 23.6 Å². The van der Waals surface area contributed by atoms with Crippen molar-refractivity contribution in [1.29, 1.82) is 0 Å². The third-order valence-corrected chi connectivity index (χ3v) is 2.73. The van der Waals surface area contributed by atoms with Crippen molar-refractivity contribution in [2.75, 3.05) is 0 Å². The molecular weight excluding hydrogens is 216 g/mol. The molecule has 1 aliphatic rings. The fourth-order valence-corrected chi connectivity index (χ4v) is 2.05. The molecule has 1 fully saturated rings. The summed E-state index contributed by atoms with van der Waals surface area (Å²) < 4.78 is 0. The molecule has 1 atom stereocenters. The average Bonchev–Trinajstić information content (AvgIpc) is 2.14. The fraction of sp³-hybridized carbons (Fsp3) is 0.538. The second kappa shape index (κ2) is 5.17. The lowest BCUT2D eigenvalue weighted by Gasteiger charge is -2.36. The molecule has 0 radical (unpaired) electrons. The summed E-state index contributed by atoms with van der Waals surface area (Å²) in [7, 11) is 0. The first-order valence-electron chi connectivity index (χ1n) is 5.75. The van der Waals surface area contributed by atoms with E-state index < -0.39 is 0 Å². The molecule has 4 nitrogen and oxygen atoms in total. The van der Waals surface area contributed by atoms with Gasteiger partial charge in [0.15, 0.2) is 0 Å². The van der Waals surface area contributed by atoms with Crippen LogP contribution in [0.15, 0.2) is 24.3 Å². The van der Waals surface area contributed by atoms with E-state index in [1.165, 1.54) is 0 Å². The molecule has 1 unspecified atom stereocenters. The fourth-order valence-electron chi connectivity index (χ4n) is 2.05. The molecule has 1 saturated heterocycles. The molecule has 94 valence electrons. The maximum atomic E-state index is 11.8. The molecule has 17 heavy (non-hydrogen) atoms. The molecule has 2 N–H and O–H groups in total.